The van der Waals surface area contributed by atoms with Crippen molar-refractivity contribution in [2.24, 2.45) is 0 Å². The summed E-state index contributed by atoms with van der Waals surface area (Å²) in [6.45, 7) is 2.01. The Hall–Kier alpha value is -3.66. The van der Waals surface area contributed by atoms with E-state index in [-0.39, 0.29) is 5.91 Å². The van der Waals surface area contributed by atoms with Gasteiger partial charge < -0.3 is 5.32 Å². The number of benzene rings is 2. The number of carbonyl (C=O) groups excluding carboxylic acids is 1. The largest absolute Gasteiger partial charge is 0.306 e. The average molecular weight is 353 g/mol. The number of amides is 1. The lowest BCUT2D eigenvalue weighted by Crippen LogP contribution is -2.10. The number of pyridine rings is 1. The Morgan fingerprint density at radius 3 is 2.41 bits per heavy atom. The standard InChI is InChI=1S/C23H19N3O/c1-17-9-8-16-26-22(17)25-21(19-12-6-3-7-13-19)23(26)24-20(27)15-14-18-10-4-2-5-11-18/h2-16H,1H3,(H,24,27). The number of imidazole rings is 1. The Morgan fingerprint density at radius 2 is 1.67 bits per heavy atom. The van der Waals surface area contributed by atoms with Crippen LogP contribution >= 0.6 is 0 Å². The fourth-order valence-corrected chi connectivity index (χ4v) is 3.02. The molecule has 1 amide bonds. The molecule has 0 unspecified atom stereocenters. The molecular weight excluding hydrogens is 334 g/mol. The molecule has 4 rings (SSSR count). The van der Waals surface area contributed by atoms with E-state index in [1.54, 1.807) is 12.2 Å². The fraction of sp³-hybridized carbons (Fsp3) is 0.0435. The summed E-state index contributed by atoms with van der Waals surface area (Å²) in [6.07, 6.45) is 5.25. The molecular formula is C23H19N3O. The highest BCUT2D eigenvalue weighted by Gasteiger charge is 2.16. The summed E-state index contributed by atoms with van der Waals surface area (Å²) in [5.74, 6) is 0.474. The van der Waals surface area contributed by atoms with Crippen LogP contribution in [0.5, 0.6) is 0 Å². The Kier molecular flexibility index (Phi) is 4.54. The van der Waals surface area contributed by atoms with Crippen LogP contribution in [0.1, 0.15) is 11.1 Å². The van der Waals surface area contributed by atoms with Crippen LogP contribution in [0.4, 0.5) is 5.82 Å². The molecule has 0 aliphatic rings. The number of aromatic nitrogens is 2. The Morgan fingerprint density at radius 1 is 0.963 bits per heavy atom. The molecule has 0 bridgehead atoms. The van der Waals surface area contributed by atoms with Gasteiger partial charge in [-0.15, -0.1) is 0 Å². The van der Waals surface area contributed by atoms with Crippen LogP contribution in [0.25, 0.3) is 23.0 Å². The van der Waals surface area contributed by atoms with E-state index in [1.807, 2.05) is 90.3 Å². The Bertz CT molecular complexity index is 1110. The highest BCUT2D eigenvalue weighted by molar-refractivity contribution is 6.03. The quantitative estimate of drug-likeness (QED) is 0.527. The summed E-state index contributed by atoms with van der Waals surface area (Å²) >= 11 is 0. The van der Waals surface area contributed by atoms with Crippen molar-refractivity contribution in [2.75, 3.05) is 5.32 Å². The number of nitrogens with zero attached hydrogens (tertiary/aromatic N) is 2. The minimum Gasteiger partial charge on any atom is -0.306 e. The third-order valence-corrected chi connectivity index (χ3v) is 4.36. The maximum atomic E-state index is 12.6. The predicted octanol–water partition coefficient (Wildman–Crippen LogP) is 4.96. The average Bonchev–Trinajstić information content (AvgIpc) is 3.08. The number of nitrogens with one attached hydrogen (secondary N) is 1. The molecule has 0 fully saturated rings. The van der Waals surface area contributed by atoms with Gasteiger partial charge in [-0.05, 0) is 30.2 Å². The molecule has 0 spiro atoms. The molecule has 2 heterocycles. The number of anilines is 1. The summed E-state index contributed by atoms with van der Waals surface area (Å²) < 4.78 is 1.92. The first-order valence-corrected chi connectivity index (χ1v) is 8.79. The van der Waals surface area contributed by atoms with Gasteiger partial charge in [-0.2, -0.15) is 0 Å². The second-order valence-corrected chi connectivity index (χ2v) is 6.29. The van der Waals surface area contributed by atoms with Gasteiger partial charge in [0, 0.05) is 17.8 Å². The molecule has 1 N–H and O–H groups in total. The Labute approximate surface area is 157 Å². The maximum absolute atomic E-state index is 12.6. The molecule has 4 nitrogen and oxygen atoms in total. The van der Waals surface area contributed by atoms with Gasteiger partial charge >= 0.3 is 0 Å². The van der Waals surface area contributed by atoms with Crippen molar-refractivity contribution in [1.82, 2.24) is 9.38 Å². The number of aryl methyl sites for hydroxylation is 1. The third kappa shape index (κ3) is 3.51. The van der Waals surface area contributed by atoms with Crippen LogP contribution in [0.15, 0.2) is 85.1 Å². The van der Waals surface area contributed by atoms with Crippen LogP contribution in [-0.4, -0.2) is 15.3 Å². The second kappa shape index (κ2) is 7.30. The molecule has 2 aromatic heterocycles. The van der Waals surface area contributed by atoms with Crippen LogP contribution in [0, 0.1) is 6.92 Å². The molecule has 0 aliphatic carbocycles. The third-order valence-electron chi connectivity index (χ3n) is 4.36. The first-order valence-electron chi connectivity index (χ1n) is 8.79. The van der Waals surface area contributed by atoms with E-state index in [0.717, 1.165) is 28.0 Å². The molecule has 4 heteroatoms. The van der Waals surface area contributed by atoms with Crippen LogP contribution in [0.3, 0.4) is 0 Å². The van der Waals surface area contributed by atoms with E-state index < -0.39 is 0 Å². The van der Waals surface area contributed by atoms with Crippen molar-refractivity contribution >= 4 is 23.4 Å². The van der Waals surface area contributed by atoms with Crippen molar-refractivity contribution in [3.8, 4) is 11.3 Å². The van der Waals surface area contributed by atoms with Crippen LogP contribution in [0.2, 0.25) is 0 Å². The summed E-state index contributed by atoms with van der Waals surface area (Å²) in [7, 11) is 0. The minimum absolute atomic E-state index is 0.195. The van der Waals surface area contributed by atoms with Gasteiger partial charge in [0.1, 0.15) is 17.2 Å². The summed E-state index contributed by atoms with van der Waals surface area (Å²) in [4.78, 5) is 17.3. The van der Waals surface area contributed by atoms with E-state index >= 15 is 0 Å². The van der Waals surface area contributed by atoms with Gasteiger partial charge in [0.15, 0.2) is 0 Å². The van der Waals surface area contributed by atoms with Gasteiger partial charge in [-0.1, -0.05) is 66.7 Å². The lowest BCUT2D eigenvalue weighted by atomic mass is 10.1. The van der Waals surface area contributed by atoms with E-state index in [2.05, 4.69) is 5.32 Å². The summed E-state index contributed by atoms with van der Waals surface area (Å²) in [6, 6.07) is 23.6. The summed E-state index contributed by atoms with van der Waals surface area (Å²) in [5.41, 5.74) is 4.58. The zero-order chi connectivity index (χ0) is 18.6. The molecule has 0 radical (unpaired) electrons. The maximum Gasteiger partial charge on any atom is 0.249 e. The fourth-order valence-electron chi connectivity index (χ4n) is 3.02. The molecule has 4 aromatic rings. The molecule has 0 saturated heterocycles. The van der Waals surface area contributed by atoms with Crippen molar-refractivity contribution in [2.45, 2.75) is 6.92 Å². The topological polar surface area (TPSA) is 46.4 Å². The first-order chi connectivity index (χ1) is 13.2. The number of hydrogen-bond acceptors (Lipinski definition) is 2. The van der Waals surface area contributed by atoms with E-state index in [9.17, 15) is 4.79 Å². The van der Waals surface area contributed by atoms with E-state index in [0.29, 0.717) is 5.82 Å². The second-order valence-electron chi connectivity index (χ2n) is 6.29. The molecule has 132 valence electrons. The van der Waals surface area contributed by atoms with Gasteiger partial charge in [0.05, 0.1) is 0 Å². The van der Waals surface area contributed by atoms with Crippen LogP contribution in [-0.2, 0) is 4.79 Å². The number of carbonyl (C=O) groups is 1. The monoisotopic (exact) mass is 353 g/mol. The normalized spacial score (nSPS) is 11.1. The van der Waals surface area contributed by atoms with Crippen molar-refractivity contribution in [3.05, 3.63) is 96.2 Å². The van der Waals surface area contributed by atoms with Gasteiger partial charge in [0.25, 0.3) is 0 Å². The SMILES string of the molecule is Cc1cccn2c(NC(=O)C=Cc3ccccc3)c(-c3ccccc3)nc12. The van der Waals surface area contributed by atoms with Crippen LogP contribution < -0.4 is 5.32 Å². The highest BCUT2D eigenvalue weighted by Crippen LogP contribution is 2.29. The zero-order valence-corrected chi connectivity index (χ0v) is 15.0. The summed E-state index contributed by atoms with van der Waals surface area (Å²) in [5, 5.41) is 3.00. The van der Waals surface area contributed by atoms with Crippen molar-refractivity contribution in [3.63, 3.8) is 0 Å². The lowest BCUT2D eigenvalue weighted by molar-refractivity contribution is -0.111. The van der Waals surface area contributed by atoms with Gasteiger partial charge in [-0.3, -0.25) is 9.20 Å². The van der Waals surface area contributed by atoms with E-state index in [1.165, 1.54) is 0 Å². The lowest BCUT2D eigenvalue weighted by Gasteiger charge is -2.06. The van der Waals surface area contributed by atoms with Gasteiger partial charge in [0.2, 0.25) is 5.91 Å². The molecule has 27 heavy (non-hydrogen) atoms. The number of fused-ring (bicyclic) bond motifs is 1. The first kappa shape index (κ1) is 16.8. The smallest absolute Gasteiger partial charge is 0.249 e. The zero-order valence-electron chi connectivity index (χ0n) is 15.0. The molecule has 0 atom stereocenters. The van der Waals surface area contributed by atoms with Gasteiger partial charge in [-0.25, -0.2) is 4.98 Å². The molecule has 2 aromatic carbocycles. The molecule has 0 saturated carbocycles. The predicted molar refractivity (Wildman–Crippen MR) is 109 cm³/mol. The highest BCUT2D eigenvalue weighted by atomic mass is 16.1. The molecule has 0 aliphatic heterocycles. The van der Waals surface area contributed by atoms with Crippen molar-refractivity contribution in [1.29, 1.82) is 0 Å². The number of rotatable bonds is 4. The minimum atomic E-state index is -0.195. The van der Waals surface area contributed by atoms with E-state index in [4.69, 9.17) is 4.98 Å². The van der Waals surface area contributed by atoms with Crippen molar-refractivity contribution < 1.29 is 4.79 Å². The Balaban J connectivity index is 1.73. The number of hydrogen-bond donors (Lipinski definition) is 1.